The second kappa shape index (κ2) is 6.68. The molecule has 0 aliphatic rings. The van der Waals surface area contributed by atoms with Gasteiger partial charge in [-0.3, -0.25) is 4.98 Å². The lowest BCUT2D eigenvalue weighted by atomic mass is 10.1. The topological polar surface area (TPSA) is 48.1 Å². The summed E-state index contributed by atoms with van der Waals surface area (Å²) in [6.45, 7) is 2.54. The van der Waals surface area contributed by atoms with Crippen molar-refractivity contribution in [3.63, 3.8) is 0 Å². The summed E-state index contributed by atoms with van der Waals surface area (Å²) in [5.74, 6) is 0.838. The fourth-order valence-corrected chi connectivity index (χ4v) is 2.34. The minimum absolute atomic E-state index is 0.162. The quantitative estimate of drug-likeness (QED) is 0.919. The molecule has 1 aromatic carbocycles. The molecule has 0 radical (unpaired) electrons. The van der Waals surface area contributed by atoms with E-state index in [1.54, 1.807) is 12.4 Å². The molecule has 2 aromatic rings. The molecule has 0 spiro atoms. The predicted molar refractivity (Wildman–Crippen MR) is 80.1 cm³/mol. The first kappa shape index (κ1) is 14.0. The van der Waals surface area contributed by atoms with E-state index in [4.69, 9.17) is 10.5 Å². The van der Waals surface area contributed by atoms with Gasteiger partial charge in [-0.25, -0.2) is 0 Å². The van der Waals surface area contributed by atoms with Crippen LogP contribution in [-0.4, -0.2) is 11.0 Å². The molecular weight excluding hydrogens is 304 g/mol. The fourth-order valence-electron chi connectivity index (χ4n) is 1.80. The lowest BCUT2D eigenvalue weighted by molar-refractivity contribution is 0.304. The summed E-state index contributed by atoms with van der Waals surface area (Å²) in [5.41, 5.74) is 8.10. The maximum atomic E-state index is 5.79. The van der Waals surface area contributed by atoms with E-state index in [-0.39, 0.29) is 6.04 Å². The molecule has 4 heteroatoms. The standard InChI is InChI=1S/C15H17BrN2O/c1-11(17)8-13-2-3-15(14(16)9-13)19-10-12-4-6-18-7-5-12/h2-7,9,11H,8,10,17H2,1H3. The average molecular weight is 321 g/mol. The Balaban J connectivity index is 2.01. The largest absolute Gasteiger partial charge is 0.488 e. The minimum Gasteiger partial charge on any atom is -0.488 e. The number of hydrogen-bond donors (Lipinski definition) is 1. The van der Waals surface area contributed by atoms with Crippen LogP contribution in [0.15, 0.2) is 47.2 Å². The van der Waals surface area contributed by atoms with Gasteiger partial charge in [-0.15, -0.1) is 0 Å². The van der Waals surface area contributed by atoms with Gasteiger partial charge in [0.15, 0.2) is 0 Å². The Labute approximate surface area is 121 Å². The first-order valence-electron chi connectivity index (χ1n) is 6.21. The smallest absolute Gasteiger partial charge is 0.134 e. The predicted octanol–water partition coefficient (Wildman–Crippen LogP) is 3.31. The number of nitrogens with two attached hydrogens (primary N) is 1. The second-order valence-corrected chi connectivity index (χ2v) is 5.44. The maximum absolute atomic E-state index is 5.79. The highest BCUT2D eigenvalue weighted by Gasteiger charge is 2.05. The van der Waals surface area contributed by atoms with Gasteiger partial charge in [-0.2, -0.15) is 0 Å². The SMILES string of the molecule is CC(N)Cc1ccc(OCc2ccncc2)c(Br)c1. The molecule has 0 aliphatic heterocycles. The molecule has 0 bridgehead atoms. The van der Waals surface area contributed by atoms with Crippen molar-refractivity contribution in [3.8, 4) is 5.75 Å². The zero-order chi connectivity index (χ0) is 13.7. The molecule has 0 aliphatic carbocycles. The number of ether oxygens (including phenoxy) is 1. The third-order valence-corrected chi connectivity index (χ3v) is 3.32. The molecule has 0 amide bonds. The lowest BCUT2D eigenvalue weighted by Gasteiger charge is -2.11. The van der Waals surface area contributed by atoms with Gasteiger partial charge in [-0.05, 0) is 64.7 Å². The molecule has 1 atom stereocenters. The number of benzene rings is 1. The van der Waals surface area contributed by atoms with E-state index in [0.717, 1.165) is 22.2 Å². The molecule has 1 aromatic heterocycles. The van der Waals surface area contributed by atoms with Crippen LogP contribution in [0.1, 0.15) is 18.1 Å². The number of hydrogen-bond acceptors (Lipinski definition) is 3. The van der Waals surface area contributed by atoms with Crippen molar-refractivity contribution in [1.29, 1.82) is 0 Å². The molecule has 2 N–H and O–H groups in total. The summed E-state index contributed by atoms with van der Waals surface area (Å²) < 4.78 is 6.73. The van der Waals surface area contributed by atoms with Crippen molar-refractivity contribution in [2.24, 2.45) is 5.73 Å². The average Bonchev–Trinajstić information content (AvgIpc) is 2.38. The van der Waals surface area contributed by atoms with Crippen LogP contribution < -0.4 is 10.5 Å². The summed E-state index contributed by atoms with van der Waals surface area (Å²) in [6.07, 6.45) is 4.39. The van der Waals surface area contributed by atoms with Crippen LogP contribution in [0.5, 0.6) is 5.75 Å². The van der Waals surface area contributed by atoms with Crippen LogP contribution in [-0.2, 0) is 13.0 Å². The van der Waals surface area contributed by atoms with Gasteiger partial charge in [0.05, 0.1) is 4.47 Å². The van der Waals surface area contributed by atoms with E-state index >= 15 is 0 Å². The van der Waals surface area contributed by atoms with E-state index in [0.29, 0.717) is 6.61 Å². The van der Waals surface area contributed by atoms with E-state index < -0.39 is 0 Å². The first-order chi connectivity index (χ1) is 9.15. The molecule has 0 saturated carbocycles. The summed E-state index contributed by atoms with van der Waals surface area (Å²) in [7, 11) is 0. The molecule has 0 fully saturated rings. The molecule has 1 heterocycles. The van der Waals surface area contributed by atoms with Crippen molar-refractivity contribution in [1.82, 2.24) is 4.98 Å². The Morgan fingerprint density at radius 1 is 1.21 bits per heavy atom. The first-order valence-corrected chi connectivity index (χ1v) is 7.00. The van der Waals surface area contributed by atoms with Crippen LogP contribution in [0.25, 0.3) is 0 Å². The summed E-state index contributed by atoms with van der Waals surface area (Å²) in [5, 5.41) is 0. The molecular formula is C15H17BrN2O. The van der Waals surface area contributed by atoms with Gasteiger partial charge in [0, 0.05) is 18.4 Å². The van der Waals surface area contributed by atoms with Crippen molar-refractivity contribution in [2.45, 2.75) is 26.0 Å². The molecule has 1 unspecified atom stereocenters. The Kier molecular flexibility index (Phi) is 4.93. The van der Waals surface area contributed by atoms with Crippen LogP contribution in [0.4, 0.5) is 0 Å². The molecule has 3 nitrogen and oxygen atoms in total. The Hall–Kier alpha value is -1.39. The van der Waals surface area contributed by atoms with E-state index in [2.05, 4.69) is 33.0 Å². The fraction of sp³-hybridized carbons (Fsp3) is 0.267. The third kappa shape index (κ3) is 4.33. The Bertz CT molecular complexity index is 529. The van der Waals surface area contributed by atoms with Crippen molar-refractivity contribution >= 4 is 15.9 Å². The van der Waals surface area contributed by atoms with E-state index in [1.807, 2.05) is 25.1 Å². The highest BCUT2D eigenvalue weighted by Crippen LogP contribution is 2.27. The highest BCUT2D eigenvalue weighted by molar-refractivity contribution is 9.10. The second-order valence-electron chi connectivity index (χ2n) is 4.59. The van der Waals surface area contributed by atoms with Gasteiger partial charge in [0.2, 0.25) is 0 Å². The zero-order valence-corrected chi connectivity index (χ0v) is 12.4. The monoisotopic (exact) mass is 320 g/mol. The minimum atomic E-state index is 0.162. The summed E-state index contributed by atoms with van der Waals surface area (Å²) in [6, 6.07) is 10.1. The molecule has 2 rings (SSSR count). The maximum Gasteiger partial charge on any atom is 0.134 e. The molecule has 100 valence electrons. The van der Waals surface area contributed by atoms with Gasteiger partial charge >= 0.3 is 0 Å². The Morgan fingerprint density at radius 2 is 1.95 bits per heavy atom. The summed E-state index contributed by atoms with van der Waals surface area (Å²) in [4.78, 5) is 3.98. The zero-order valence-electron chi connectivity index (χ0n) is 10.8. The molecule has 19 heavy (non-hydrogen) atoms. The van der Waals surface area contributed by atoms with Crippen LogP contribution in [0, 0.1) is 0 Å². The van der Waals surface area contributed by atoms with Crippen molar-refractivity contribution in [2.75, 3.05) is 0 Å². The van der Waals surface area contributed by atoms with Gasteiger partial charge < -0.3 is 10.5 Å². The third-order valence-electron chi connectivity index (χ3n) is 2.70. The molecule has 0 saturated heterocycles. The van der Waals surface area contributed by atoms with Gasteiger partial charge in [-0.1, -0.05) is 6.07 Å². The number of aromatic nitrogens is 1. The van der Waals surface area contributed by atoms with E-state index in [1.165, 1.54) is 5.56 Å². The number of rotatable bonds is 5. The number of nitrogens with zero attached hydrogens (tertiary/aromatic N) is 1. The Morgan fingerprint density at radius 3 is 2.58 bits per heavy atom. The normalized spacial score (nSPS) is 12.2. The van der Waals surface area contributed by atoms with E-state index in [9.17, 15) is 0 Å². The summed E-state index contributed by atoms with van der Waals surface area (Å²) >= 11 is 3.53. The number of halogens is 1. The van der Waals surface area contributed by atoms with Crippen LogP contribution in [0.3, 0.4) is 0 Å². The number of pyridine rings is 1. The van der Waals surface area contributed by atoms with Gasteiger partial charge in [0.1, 0.15) is 12.4 Å². The lowest BCUT2D eigenvalue weighted by Crippen LogP contribution is -2.17. The van der Waals surface area contributed by atoms with Gasteiger partial charge in [0.25, 0.3) is 0 Å². The van der Waals surface area contributed by atoms with Crippen LogP contribution in [0.2, 0.25) is 0 Å². The van der Waals surface area contributed by atoms with Crippen LogP contribution >= 0.6 is 15.9 Å². The highest BCUT2D eigenvalue weighted by atomic mass is 79.9. The van der Waals surface area contributed by atoms with Crippen molar-refractivity contribution < 1.29 is 4.74 Å². The van der Waals surface area contributed by atoms with Crippen molar-refractivity contribution in [3.05, 3.63) is 58.3 Å².